The zero-order valence-electron chi connectivity index (χ0n) is 31.9. The molecule has 2 amide bonds. The van der Waals surface area contributed by atoms with Crippen LogP contribution in [0.2, 0.25) is 0 Å². The number of nitrogens with zero attached hydrogens (tertiary/aromatic N) is 1. The van der Waals surface area contributed by atoms with Gasteiger partial charge < -0.3 is 20.8 Å². The maximum Gasteiger partial charge on any atom is 0.238 e. The Bertz CT molecular complexity index is 1560. The molecule has 0 heterocycles. The van der Waals surface area contributed by atoms with E-state index < -0.39 is 51.3 Å². The van der Waals surface area contributed by atoms with E-state index in [0.717, 1.165) is 22.3 Å². The van der Waals surface area contributed by atoms with E-state index in [1.807, 2.05) is 163 Å². The number of carbonyl (C=O) groups excluding carboxylic acids is 2. The molecule has 1 aliphatic rings. The molecular formula is C46H58N2O4. The Morgan fingerprint density at radius 1 is 0.577 bits per heavy atom. The number of amides is 2. The van der Waals surface area contributed by atoms with Crippen molar-refractivity contribution in [1.29, 1.82) is 0 Å². The van der Waals surface area contributed by atoms with Crippen molar-refractivity contribution < 1.29 is 19.8 Å². The molecule has 276 valence electrons. The van der Waals surface area contributed by atoms with E-state index in [-0.39, 0.29) is 25.7 Å². The number of rotatable bonds is 14. The Balaban J connectivity index is 1.83. The summed E-state index contributed by atoms with van der Waals surface area (Å²) in [6.07, 6.45) is 2.32. The molecule has 0 radical (unpaired) electrons. The van der Waals surface area contributed by atoms with Crippen LogP contribution < -0.4 is 5.73 Å². The Kier molecular flexibility index (Phi) is 11.5. The molecule has 0 bridgehead atoms. The molecule has 4 aromatic carbocycles. The van der Waals surface area contributed by atoms with E-state index in [1.54, 1.807) is 4.90 Å². The first kappa shape index (κ1) is 39.0. The lowest BCUT2D eigenvalue weighted by Gasteiger charge is -2.60. The summed E-state index contributed by atoms with van der Waals surface area (Å²) in [4.78, 5) is 31.1. The molecule has 52 heavy (non-hydrogen) atoms. The SMILES string of the molecule is CC(C)(C)C(N(C(=O)C1(C(N)=O)CCC1)C(C(C)(C)C)C(O)(Cc1ccccc1)Cc1ccccc1)C(O)(Cc1ccccc1)Cc1ccccc1. The van der Waals surface area contributed by atoms with Crippen LogP contribution in [0.25, 0.3) is 0 Å². The fraction of sp³-hybridized carbons (Fsp3) is 0.435. The third-order valence-electron chi connectivity index (χ3n) is 10.9. The smallest absolute Gasteiger partial charge is 0.238 e. The summed E-state index contributed by atoms with van der Waals surface area (Å²) in [5.74, 6) is -1.07. The summed E-state index contributed by atoms with van der Waals surface area (Å²) >= 11 is 0. The normalized spacial score (nSPS) is 16.0. The minimum atomic E-state index is -1.54. The van der Waals surface area contributed by atoms with E-state index in [9.17, 15) is 15.0 Å². The molecular weight excluding hydrogens is 645 g/mol. The number of carbonyl (C=O) groups is 2. The first-order chi connectivity index (χ1) is 24.5. The summed E-state index contributed by atoms with van der Waals surface area (Å²) in [7, 11) is 0. The predicted molar refractivity (Wildman–Crippen MR) is 209 cm³/mol. The van der Waals surface area contributed by atoms with Crippen LogP contribution in [-0.4, -0.2) is 50.2 Å². The van der Waals surface area contributed by atoms with Gasteiger partial charge in [0.1, 0.15) is 5.41 Å². The second-order valence-electron chi connectivity index (χ2n) is 17.4. The van der Waals surface area contributed by atoms with Crippen LogP contribution in [0, 0.1) is 16.2 Å². The summed E-state index contributed by atoms with van der Waals surface area (Å²) < 4.78 is 0. The zero-order chi connectivity index (χ0) is 37.8. The van der Waals surface area contributed by atoms with Gasteiger partial charge in [-0.1, -0.05) is 169 Å². The van der Waals surface area contributed by atoms with Crippen molar-refractivity contribution in [2.75, 3.05) is 0 Å². The standard InChI is InChI=1S/C46H58N2O4/c1-42(2,3)38(45(51,30-34-20-11-7-12-21-34)31-35-22-13-8-14-23-35)48(41(50)44(40(47)49)28-19-29-44)39(43(4,5)6)46(52,32-36-24-15-9-16-25-36)33-37-26-17-10-18-27-37/h7-18,20-27,38-39,51-52H,19,28-33H2,1-6H3,(H2,47,49). The Labute approximate surface area is 311 Å². The van der Waals surface area contributed by atoms with Gasteiger partial charge in [-0.3, -0.25) is 9.59 Å². The molecule has 1 fully saturated rings. The highest BCUT2D eigenvalue weighted by Gasteiger charge is 2.62. The van der Waals surface area contributed by atoms with E-state index in [2.05, 4.69) is 0 Å². The molecule has 1 saturated carbocycles. The first-order valence-corrected chi connectivity index (χ1v) is 18.7. The van der Waals surface area contributed by atoms with Crippen LogP contribution in [0.15, 0.2) is 121 Å². The van der Waals surface area contributed by atoms with Crippen LogP contribution in [0.3, 0.4) is 0 Å². The predicted octanol–water partition coefficient (Wildman–Crippen LogP) is 7.73. The lowest BCUT2D eigenvalue weighted by atomic mass is 9.62. The number of aliphatic hydroxyl groups is 2. The number of hydrogen-bond acceptors (Lipinski definition) is 4. The zero-order valence-corrected chi connectivity index (χ0v) is 31.9. The van der Waals surface area contributed by atoms with Crippen LogP contribution in [-0.2, 0) is 35.3 Å². The maximum absolute atomic E-state index is 15.8. The highest BCUT2D eigenvalue weighted by atomic mass is 16.3. The topological polar surface area (TPSA) is 104 Å². The van der Waals surface area contributed by atoms with Crippen molar-refractivity contribution in [3.8, 4) is 0 Å². The molecule has 0 aromatic heterocycles. The summed E-state index contributed by atoms with van der Waals surface area (Å²) in [5.41, 5.74) is 3.90. The quantitative estimate of drug-likeness (QED) is 0.117. The fourth-order valence-electron chi connectivity index (χ4n) is 9.00. The lowest BCUT2D eigenvalue weighted by molar-refractivity contribution is -0.194. The second-order valence-corrected chi connectivity index (χ2v) is 17.4. The van der Waals surface area contributed by atoms with Gasteiger partial charge in [-0.2, -0.15) is 0 Å². The maximum atomic E-state index is 15.8. The van der Waals surface area contributed by atoms with Gasteiger partial charge >= 0.3 is 0 Å². The third kappa shape index (κ3) is 8.51. The summed E-state index contributed by atoms with van der Waals surface area (Å²) in [5, 5.41) is 27.2. The van der Waals surface area contributed by atoms with Crippen LogP contribution in [0.4, 0.5) is 0 Å². The van der Waals surface area contributed by atoms with Crippen LogP contribution in [0.1, 0.15) is 83.1 Å². The van der Waals surface area contributed by atoms with Gasteiger partial charge in [0.25, 0.3) is 0 Å². The molecule has 0 spiro atoms. The number of hydrogen-bond donors (Lipinski definition) is 3. The molecule has 0 saturated heterocycles. The Hall–Kier alpha value is -4.26. The Morgan fingerprint density at radius 3 is 1.04 bits per heavy atom. The van der Waals surface area contributed by atoms with Crippen molar-refractivity contribution in [3.63, 3.8) is 0 Å². The highest BCUT2D eigenvalue weighted by molar-refractivity contribution is 6.05. The highest BCUT2D eigenvalue weighted by Crippen LogP contribution is 2.50. The van der Waals surface area contributed by atoms with E-state index >= 15 is 4.79 Å². The van der Waals surface area contributed by atoms with Gasteiger partial charge in [0.15, 0.2) is 0 Å². The number of benzene rings is 4. The van der Waals surface area contributed by atoms with Gasteiger partial charge in [-0.05, 0) is 45.9 Å². The van der Waals surface area contributed by atoms with Crippen molar-refractivity contribution in [1.82, 2.24) is 4.90 Å². The van der Waals surface area contributed by atoms with E-state index in [4.69, 9.17) is 5.73 Å². The summed E-state index contributed by atoms with van der Waals surface area (Å²) in [6, 6.07) is 37.7. The number of primary amides is 1. The second kappa shape index (κ2) is 15.4. The van der Waals surface area contributed by atoms with Gasteiger partial charge in [-0.25, -0.2) is 0 Å². The fourth-order valence-corrected chi connectivity index (χ4v) is 9.00. The molecule has 0 aliphatic heterocycles. The molecule has 1 aliphatic carbocycles. The molecule has 2 unspecified atom stereocenters. The Morgan fingerprint density at radius 2 is 0.846 bits per heavy atom. The largest absolute Gasteiger partial charge is 0.387 e. The van der Waals surface area contributed by atoms with Crippen LogP contribution >= 0.6 is 0 Å². The third-order valence-corrected chi connectivity index (χ3v) is 10.9. The average molecular weight is 703 g/mol. The van der Waals surface area contributed by atoms with Crippen molar-refractivity contribution in [3.05, 3.63) is 144 Å². The van der Waals surface area contributed by atoms with Gasteiger partial charge in [-0.15, -0.1) is 0 Å². The molecule has 4 aromatic rings. The molecule has 6 nitrogen and oxygen atoms in total. The van der Waals surface area contributed by atoms with Gasteiger partial charge in [0.2, 0.25) is 11.8 Å². The van der Waals surface area contributed by atoms with E-state index in [1.165, 1.54) is 0 Å². The summed E-state index contributed by atoms with van der Waals surface area (Å²) in [6.45, 7) is 12.3. The molecule has 5 rings (SSSR count). The lowest BCUT2D eigenvalue weighted by Crippen LogP contribution is -2.74. The minimum Gasteiger partial charge on any atom is -0.387 e. The molecule has 2 atom stereocenters. The first-order valence-electron chi connectivity index (χ1n) is 18.7. The molecule has 6 heteroatoms. The van der Waals surface area contributed by atoms with Crippen molar-refractivity contribution in [2.45, 2.75) is 110 Å². The van der Waals surface area contributed by atoms with Gasteiger partial charge in [0.05, 0.1) is 23.3 Å². The molecule has 4 N–H and O–H groups in total. The van der Waals surface area contributed by atoms with E-state index in [0.29, 0.717) is 19.3 Å². The van der Waals surface area contributed by atoms with Crippen molar-refractivity contribution in [2.24, 2.45) is 22.0 Å². The van der Waals surface area contributed by atoms with Gasteiger partial charge in [0, 0.05) is 25.7 Å². The average Bonchev–Trinajstić information content (AvgIpc) is 3.04. The van der Waals surface area contributed by atoms with Crippen molar-refractivity contribution >= 4 is 11.8 Å². The minimum absolute atomic E-state index is 0.241. The number of nitrogens with two attached hydrogens (primary N) is 1. The monoisotopic (exact) mass is 702 g/mol. The van der Waals surface area contributed by atoms with Crippen LogP contribution in [0.5, 0.6) is 0 Å².